The number of hydrogen-bond donors (Lipinski definition) is 0. The van der Waals surface area contributed by atoms with Crippen LogP contribution < -0.4 is 10.5 Å². The number of anilines is 1. The van der Waals surface area contributed by atoms with E-state index in [9.17, 15) is 9.59 Å². The van der Waals surface area contributed by atoms with Crippen molar-refractivity contribution in [2.45, 2.75) is 83.6 Å². The van der Waals surface area contributed by atoms with Gasteiger partial charge in [0, 0.05) is 77.3 Å². The number of hydrogen-bond acceptors (Lipinski definition) is 7. The van der Waals surface area contributed by atoms with Gasteiger partial charge in [0.05, 0.1) is 21.5 Å². The second-order valence-corrected chi connectivity index (χ2v) is 21.1. The summed E-state index contributed by atoms with van der Waals surface area (Å²) in [6.45, 7) is 15.6. The van der Waals surface area contributed by atoms with Gasteiger partial charge in [0.15, 0.2) is 5.65 Å². The van der Waals surface area contributed by atoms with Gasteiger partial charge in [-0.15, -0.1) is 0 Å². The van der Waals surface area contributed by atoms with Crippen molar-refractivity contribution in [3.63, 3.8) is 0 Å². The molecule has 1 amide bonds. The van der Waals surface area contributed by atoms with Crippen molar-refractivity contribution < 1.29 is 14.3 Å². The van der Waals surface area contributed by atoms with Crippen LogP contribution in [0.2, 0.25) is 30.7 Å². The first-order valence-electron chi connectivity index (χ1n) is 16.1. The highest BCUT2D eigenvalue weighted by Crippen LogP contribution is 2.42. The molecule has 0 bridgehead atoms. The average molecular weight is 668 g/mol. The van der Waals surface area contributed by atoms with Crippen LogP contribution in [0.1, 0.15) is 40.0 Å². The quantitative estimate of drug-likeness (QED) is 0.170. The minimum atomic E-state index is -1.28. The van der Waals surface area contributed by atoms with E-state index < -0.39 is 13.7 Å². The molecule has 0 N–H and O–H groups in total. The van der Waals surface area contributed by atoms with E-state index in [-0.39, 0.29) is 23.9 Å². The van der Waals surface area contributed by atoms with Gasteiger partial charge >= 0.3 is 6.09 Å². The second kappa shape index (κ2) is 11.7. The summed E-state index contributed by atoms with van der Waals surface area (Å²) in [6.07, 6.45) is 6.11. The van der Waals surface area contributed by atoms with Gasteiger partial charge in [-0.25, -0.2) is 4.79 Å². The SMILES string of the molecule is Cn1cc2c(Cl)c(-c3cn(COCC[Si](C)(C)C)c4nc(N5CCC6(CC5)CCN6C(=O)OC(C)(C)C)n(C)c(=O)c34)ccc2n1. The Kier molecular flexibility index (Phi) is 8.30. The number of halogens is 1. The van der Waals surface area contributed by atoms with Crippen molar-refractivity contribution in [2.24, 2.45) is 14.1 Å². The van der Waals surface area contributed by atoms with E-state index in [1.165, 1.54) is 0 Å². The Hall–Kier alpha value is -3.35. The number of aryl methyl sites for hydroxylation is 1. The Bertz CT molecular complexity index is 1860. The lowest BCUT2D eigenvalue weighted by atomic mass is 9.77. The smallest absolute Gasteiger partial charge is 0.410 e. The van der Waals surface area contributed by atoms with Crippen molar-refractivity contribution in [1.82, 2.24) is 28.8 Å². The summed E-state index contributed by atoms with van der Waals surface area (Å²) in [4.78, 5) is 36.4. The summed E-state index contributed by atoms with van der Waals surface area (Å²) in [6, 6.07) is 4.90. The Morgan fingerprint density at radius 1 is 1.04 bits per heavy atom. The lowest BCUT2D eigenvalue weighted by molar-refractivity contribution is -0.0542. The van der Waals surface area contributed by atoms with Crippen molar-refractivity contribution in [2.75, 3.05) is 31.1 Å². The molecule has 0 aliphatic carbocycles. The maximum Gasteiger partial charge on any atom is 0.410 e. The average Bonchev–Trinajstić information content (AvgIpc) is 3.51. The van der Waals surface area contributed by atoms with Gasteiger partial charge in [-0.3, -0.25) is 14.0 Å². The molecule has 1 spiro atoms. The normalized spacial score (nSPS) is 16.9. The molecule has 0 unspecified atom stereocenters. The summed E-state index contributed by atoms with van der Waals surface area (Å²) in [5.74, 6) is 0.609. The van der Waals surface area contributed by atoms with Crippen molar-refractivity contribution in [1.29, 1.82) is 0 Å². The maximum absolute atomic E-state index is 14.2. The zero-order valence-corrected chi connectivity index (χ0v) is 30.1. The van der Waals surface area contributed by atoms with Crippen molar-refractivity contribution in [3.05, 3.63) is 39.9 Å². The van der Waals surface area contributed by atoms with Gasteiger partial charge in [0.2, 0.25) is 5.95 Å². The van der Waals surface area contributed by atoms with Crippen molar-refractivity contribution >= 4 is 53.7 Å². The lowest BCUT2D eigenvalue weighted by Crippen LogP contribution is -2.66. The minimum absolute atomic E-state index is 0.141. The number of ether oxygens (including phenoxy) is 2. The molecule has 46 heavy (non-hydrogen) atoms. The second-order valence-electron chi connectivity index (χ2n) is 15.1. The first-order chi connectivity index (χ1) is 21.6. The van der Waals surface area contributed by atoms with Crippen LogP contribution in [0.25, 0.3) is 33.1 Å². The number of amides is 1. The number of piperidine rings is 1. The number of fused-ring (bicyclic) bond motifs is 2. The van der Waals surface area contributed by atoms with E-state index in [1.807, 2.05) is 61.8 Å². The van der Waals surface area contributed by atoms with Gasteiger partial charge in [-0.2, -0.15) is 10.1 Å². The predicted molar refractivity (Wildman–Crippen MR) is 186 cm³/mol. The summed E-state index contributed by atoms with van der Waals surface area (Å²) in [5, 5.41) is 6.37. The van der Waals surface area contributed by atoms with Crippen LogP contribution in [0, 0.1) is 0 Å². The van der Waals surface area contributed by atoms with Gasteiger partial charge in [-0.1, -0.05) is 37.3 Å². The molecule has 11 nitrogen and oxygen atoms in total. The minimum Gasteiger partial charge on any atom is -0.444 e. The highest BCUT2D eigenvalue weighted by atomic mass is 35.5. The highest BCUT2D eigenvalue weighted by molar-refractivity contribution is 6.76. The van der Waals surface area contributed by atoms with Gasteiger partial charge in [0.25, 0.3) is 5.56 Å². The molecule has 6 rings (SSSR count). The lowest BCUT2D eigenvalue weighted by Gasteiger charge is -2.56. The van der Waals surface area contributed by atoms with E-state index in [0.29, 0.717) is 48.2 Å². The predicted octanol–water partition coefficient (Wildman–Crippen LogP) is 6.23. The van der Waals surface area contributed by atoms with Gasteiger partial charge in [0.1, 0.15) is 12.3 Å². The van der Waals surface area contributed by atoms with Gasteiger partial charge in [-0.05, 0) is 52.1 Å². The monoisotopic (exact) mass is 667 g/mol. The fourth-order valence-electron chi connectivity index (χ4n) is 6.60. The highest BCUT2D eigenvalue weighted by Gasteiger charge is 2.50. The topological polar surface area (TPSA) is 99.6 Å². The Balaban J connectivity index is 1.35. The zero-order chi connectivity index (χ0) is 33.2. The molecule has 2 aliphatic heterocycles. The molecule has 1 aromatic carbocycles. The van der Waals surface area contributed by atoms with Crippen molar-refractivity contribution in [3.8, 4) is 11.1 Å². The Morgan fingerprint density at radius 2 is 1.74 bits per heavy atom. The summed E-state index contributed by atoms with van der Waals surface area (Å²) in [5.41, 5.74) is 1.96. The summed E-state index contributed by atoms with van der Waals surface area (Å²) in [7, 11) is 2.37. The molecule has 0 radical (unpaired) electrons. The molecule has 4 aromatic rings. The van der Waals surface area contributed by atoms with Crippen LogP contribution in [0.4, 0.5) is 10.7 Å². The zero-order valence-electron chi connectivity index (χ0n) is 28.3. The van der Waals surface area contributed by atoms with Crippen LogP contribution in [-0.2, 0) is 30.3 Å². The fraction of sp³-hybridized carbons (Fsp3) is 0.576. The molecule has 5 heterocycles. The number of nitrogens with zero attached hydrogens (tertiary/aromatic N) is 7. The van der Waals surface area contributed by atoms with Gasteiger partial charge < -0.3 is 23.8 Å². The van der Waals surface area contributed by atoms with E-state index in [4.69, 9.17) is 26.1 Å². The number of likely N-dealkylation sites (tertiary alicyclic amines) is 1. The molecule has 2 aliphatic rings. The summed E-state index contributed by atoms with van der Waals surface area (Å²) >= 11 is 6.97. The third-order valence-corrected chi connectivity index (χ3v) is 11.4. The Morgan fingerprint density at radius 3 is 2.37 bits per heavy atom. The Labute approximate surface area is 276 Å². The standard InChI is InChI=1S/C33H46ClN7O4Si/c1-32(2,3)45-31(43)41-16-13-33(41)11-14-39(15-12-33)30-35-28-26(29(42)38(30)5)23(20-40(28)21-44-17-18-46(6,7)8)22-9-10-25-24(27(22)34)19-37(4)36-25/h9-10,19-20H,11-18,21H2,1-8H3. The number of carbonyl (C=O) groups excluding carboxylic acids is 1. The molecule has 0 atom stereocenters. The number of benzene rings is 1. The fourth-order valence-corrected chi connectivity index (χ4v) is 7.67. The largest absolute Gasteiger partial charge is 0.444 e. The molecular formula is C33H46ClN7O4Si. The summed E-state index contributed by atoms with van der Waals surface area (Å²) < 4.78 is 17.2. The first-order valence-corrected chi connectivity index (χ1v) is 20.2. The van der Waals surface area contributed by atoms with Crippen LogP contribution >= 0.6 is 11.6 Å². The van der Waals surface area contributed by atoms with E-state index in [2.05, 4.69) is 29.6 Å². The van der Waals surface area contributed by atoms with E-state index >= 15 is 0 Å². The maximum atomic E-state index is 14.2. The van der Waals surface area contributed by atoms with Crippen LogP contribution in [-0.4, -0.2) is 80.3 Å². The molecule has 2 saturated heterocycles. The third kappa shape index (κ3) is 6.06. The first kappa shape index (κ1) is 32.6. The van der Waals surface area contributed by atoms with E-state index in [1.54, 1.807) is 16.3 Å². The van der Waals surface area contributed by atoms with Crippen LogP contribution in [0.3, 0.4) is 0 Å². The molecule has 3 aromatic heterocycles. The number of carbonyl (C=O) groups is 1. The number of aromatic nitrogens is 5. The molecule has 2 fully saturated rings. The van der Waals surface area contributed by atoms with Crippen LogP contribution in [0.15, 0.2) is 29.3 Å². The van der Waals surface area contributed by atoms with E-state index in [0.717, 1.165) is 47.3 Å². The molecule has 13 heteroatoms. The third-order valence-electron chi connectivity index (χ3n) is 9.29. The number of rotatable bonds is 7. The van der Waals surface area contributed by atoms with Crippen LogP contribution in [0.5, 0.6) is 0 Å². The molecule has 0 saturated carbocycles. The molecule has 248 valence electrons. The molecular weight excluding hydrogens is 622 g/mol.